The Morgan fingerprint density at radius 3 is 2.53 bits per heavy atom. The van der Waals surface area contributed by atoms with Gasteiger partial charge in [-0.05, 0) is 37.6 Å². The molecule has 0 saturated heterocycles. The van der Waals surface area contributed by atoms with Crippen LogP contribution < -0.4 is 5.73 Å². The minimum atomic E-state index is 0.662. The molecule has 0 aliphatic rings. The minimum absolute atomic E-state index is 0.662. The van der Waals surface area contributed by atoms with Gasteiger partial charge in [-0.25, -0.2) is 4.68 Å². The Hall–Kier alpha value is -1.48. The van der Waals surface area contributed by atoms with Crippen LogP contribution in [0.15, 0.2) is 24.4 Å². The Morgan fingerprint density at radius 2 is 2.00 bits per heavy atom. The molecule has 1 aromatic heterocycles. The van der Waals surface area contributed by atoms with Crippen molar-refractivity contribution in [3.8, 4) is 5.69 Å². The zero-order valence-electron chi connectivity index (χ0n) is 8.66. The first kappa shape index (κ1) is 10.1. The number of rotatable bonds is 1. The highest BCUT2D eigenvalue weighted by Crippen LogP contribution is 2.19. The summed E-state index contributed by atoms with van der Waals surface area (Å²) in [5.41, 5.74) is 9.35. The third kappa shape index (κ3) is 1.97. The molecule has 15 heavy (non-hydrogen) atoms. The molecule has 78 valence electrons. The van der Waals surface area contributed by atoms with E-state index in [1.54, 1.807) is 10.9 Å². The average molecular weight is 222 g/mol. The molecule has 4 heteroatoms. The molecule has 0 bridgehead atoms. The number of benzene rings is 1. The molecule has 1 heterocycles. The molecule has 0 amide bonds. The highest BCUT2D eigenvalue weighted by molar-refractivity contribution is 6.31. The lowest BCUT2D eigenvalue weighted by Crippen LogP contribution is -1.97. The standard InChI is InChI=1S/C11H12ClN3/c1-7-3-9(13)5-10(4-7)15-6-11(12)8(2)14-15/h3-6H,13H2,1-2H3. The Labute approximate surface area is 93.5 Å². The van der Waals surface area contributed by atoms with Crippen LogP contribution in [0.25, 0.3) is 5.69 Å². The predicted molar refractivity (Wildman–Crippen MR) is 62.5 cm³/mol. The van der Waals surface area contributed by atoms with Gasteiger partial charge in [0.2, 0.25) is 0 Å². The minimum Gasteiger partial charge on any atom is -0.399 e. The molecular weight excluding hydrogens is 210 g/mol. The number of anilines is 1. The smallest absolute Gasteiger partial charge is 0.0819 e. The summed E-state index contributed by atoms with van der Waals surface area (Å²) >= 11 is 5.94. The van der Waals surface area contributed by atoms with Crippen LogP contribution >= 0.6 is 11.6 Å². The lowest BCUT2D eigenvalue weighted by molar-refractivity contribution is 0.862. The Bertz CT molecular complexity index is 463. The molecular formula is C11H12ClN3. The summed E-state index contributed by atoms with van der Waals surface area (Å²) in [7, 11) is 0. The first-order valence-electron chi connectivity index (χ1n) is 4.65. The van der Waals surface area contributed by atoms with Gasteiger partial charge in [0.05, 0.1) is 16.4 Å². The van der Waals surface area contributed by atoms with Gasteiger partial charge in [0.1, 0.15) is 0 Å². The summed E-state index contributed by atoms with van der Waals surface area (Å²) in [4.78, 5) is 0. The van der Waals surface area contributed by atoms with Crippen molar-refractivity contribution < 1.29 is 0 Å². The van der Waals surface area contributed by atoms with Crippen molar-refractivity contribution in [2.75, 3.05) is 5.73 Å². The fourth-order valence-corrected chi connectivity index (χ4v) is 1.63. The van der Waals surface area contributed by atoms with Crippen LogP contribution in [0.3, 0.4) is 0 Å². The van der Waals surface area contributed by atoms with Gasteiger partial charge in [0.15, 0.2) is 0 Å². The molecule has 2 N–H and O–H groups in total. The highest BCUT2D eigenvalue weighted by atomic mass is 35.5. The second-order valence-electron chi connectivity index (χ2n) is 3.61. The number of hydrogen-bond donors (Lipinski definition) is 1. The number of hydrogen-bond acceptors (Lipinski definition) is 2. The third-order valence-electron chi connectivity index (χ3n) is 2.19. The van der Waals surface area contributed by atoms with Gasteiger partial charge in [-0.2, -0.15) is 5.10 Å². The number of halogens is 1. The fourth-order valence-electron chi connectivity index (χ4n) is 1.50. The van der Waals surface area contributed by atoms with Crippen LogP contribution in [0.1, 0.15) is 11.3 Å². The van der Waals surface area contributed by atoms with Gasteiger partial charge in [-0.3, -0.25) is 0 Å². The summed E-state index contributed by atoms with van der Waals surface area (Å²) < 4.78 is 1.74. The normalized spacial score (nSPS) is 10.6. The molecule has 0 aliphatic heterocycles. The molecule has 0 saturated carbocycles. The Morgan fingerprint density at radius 1 is 1.27 bits per heavy atom. The molecule has 0 atom stereocenters. The van der Waals surface area contributed by atoms with Crippen molar-refractivity contribution in [2.45, 2.75) is 13.8 Å². The molecule has 0 fully saturated rings. The van der Waals surface area contributed by atoms with Crippen molar-refractivity contribution in [1.82, 2.24) is 9.78 Å². The van der Waals surface area contributed by atoms with E-state index >= 15 is 0 Å². The summed E-state index contributed by atoms with van der Waals surface area (Å²) in [6.07, 6.45) is 1.78. The summed E-state index contributed by atoms with van der Waals surface area (Å²) in [6.45, 7) is 3.87. The summed E-state index contributed by atoms with van der Waals surface area (Å²) in [6, 6.07) is 5.80. The highest BCUT2D eigenvalue weighted by Gasteiger charge is 2.04. The van der Waals surface area contributed by atoms with Gasteiger partial charge in [-0.1, -0.05) is 11.6 Å². The first-order chi connectivity index (χ1) is 7.06. The maximum absolute atomic E-state index is 5.94. The second-order valence-corrected chi connectivity index (χ2v) is 4.02. The molecule has 1 aromatic carbocycles. The van der Waals surface area contributed by atoms with E-state index in [9.17, 15) is 0 Å². The largest absolute Gasteiger partial charge is 0.399 e. The van der Waals surface area contributed by atoms with Crippen LogP contribution in [-0.4, -0.2) is 9.78 Å². The third-order valence-corrected chi connectivity index (χ3v) is 2.56. The van der Waals surface area contributed by atoms with Gasteiger partial charge >= 0.3 is 0 Å². The monoisotopic (exact) mass is 221 g/mol. The van der Waals surface area contributed by atoms with E-state index in [0.717, 1.165) is 22.6 Å². The molecule has 3 nitrogen and oxygen atoms in total. The van der Waals surface area contributed by atoms with Crippen LogP contribution in [-0.2, 0) is 0 Å². The molecule has 0 aliphatic carbocycles. The van der Waals surface area contributed by atoms with E-state index in [0.29, 0.717) is 5.02 Å². The average Bonchev–Trinajstić information content (AvgIpc) is 2.45. The number of aryl methyl sites for hydroxylation is 2. The van der Waals surface area contributed by atoms with Gasteiger partial charge in [0, 0.05) is 11.9 Å². The van der Waals surface area contributed by atoms with Gasteiger partial charge < -0.3 is 5.73 Å². The number of aromatic nitrogens is 2. The topological polar surface area (TPSA) is 43.8 Å². The molecule has 0 radical (unpaired) electrons. The summed E-state index contributed by atoms with van der Waals surface area (Å²) in [5.74, 6) is 0. The van der Waals surface area contributed by atoms with Crippen molar-refractivity contribution in [1.29, 1.82) is 0 Å². The number of nitrogen functional groups attached to an aromatic ring is 1. The van der Waals surface area contributed by atoms with E-state index in [1.165, 1.54) is 0 Å². The molecule has 2 aromatic rings. The van der Waals surface area contributed by atoms with E-state index in [-0.39, 0.29) is 0 Å². The maximum Gasteiger partial charge on any atom is 0.0819 e. The van der Waals surface area contributed by atoms with E-state index < -0.39 is 0 Å². The van der Waals surface area contributed by atoms with Crippen molar-refractivity contribution in [2.24, 2.45) is 0 Å². The number of nitrogens with two attached hydrogens (primary N) is 1. The van der Waals surface area contributed by atoms with Crippen LogP contribution in [0.4, 0.5) is 5.69 Å². The Balaban J connectivity index is 2.53. The van der Waals surface area contributed by atoms with E-state index in [1.807, 2.05) is 32.0 Å². The SMILES string of the molecule is Cc1cc(N)cc(-n2cc(Cl)c(C)n2)c1. The number of nitrogens with zero attached hydrogens (tertiary/aromatic N) is 2. The predicted octanol–water partition coefficient (Wildman–Crippen LogP) is 2.72. The Kier molecular flexibility index (Phi) is 2.40. The summed E-state index contributed by atoms with van der Waals surface area (Å²) in [5, 5.41) is 4.95. The molecule has 0 spiro atoms. The molecule has 2 rings (SSSR count). The van der Waals surface area contributed by atoms with Crippen molar-refractivity contribution >= 4 is 17.3 Å². The van der Waals surface area contributed by atoms with Gasteiger partial charge in [-0.15, -0.1) is 0 Å². The van der Waals surface area contributed by atoms with Crippen LogP contribution in [0, 0.1) is 13.8 Å². The van der Waals surface area contributed by atoms with Crippen LogP contribution in [0.5, 0.6) is 0 Å². The van der Waals surface area contributed by atoms with E-state index in [4.69, 9.17) is 17.3 Å². The van der Waals surface area contributed by atoms with Crippen molar-refractivity contribution in [3.63, 3.8) is 0 Å². The zero-order chi connectivity index (χ0) is 11.0. The van der Waals surface area contributed by atoms with Gasteiger partial charge in [0.25, 0.3) is 0 Å². The maximum atomic E-state index is 5.94. The quantitative estimate of drug-likeness (QED) is 0.753. The van der Waals surface area contributed by atoms with Crippen molar-refractivity contribution in [3.05, 3.63) is 40.7 Å². The fraction of sp³-hybridized carbons (Fsp3) is 0.182. The first-order valence-corrected chi connectivity index (χ1v) is 5.03. The second kappa shape index (κ2) is 3.59. The van der Waals surface area contributed by atoms with Crippen LogP contribution in [0.2, 0.25) is 5.02 Å². The lowest BCUT2D eigenvalue weighted by atomic mass is 10.2. The molecule has 0 unspecified atom stereocenters. The van der Waals surface area contributed by atoms with E-state index in [2.05, 4.69) is 5.10 Å². The lowest BCUT2D eigenvalue weighted by Gasteiger charge is -2.04. The zero-order valence-corrected chi connectivity index (χ0v) is 9.42.